The highest BCUT2D eigenvalue weighted by Gasteiger charge is 2.28. The second-order valence-corrected chi connectivity index (χ2v) is 6.15. The molecule has 2 aromatic rings. The van der Waals surface area contributed by atoms with Crippen LogP contribution in [-0.2, 0) is 6.42 Å². The Bertz CT molecular complexity index is 821. The summed E-state index contributed by atoms with van der Waals surface area (Å²) in [7, 11) is 0. The van der Waals surface area contributed by atoms with Gasteiger partial charge in [-0.2, -0.15) is 0 Å². The number of carbonyl (C=O) groups is 1. The molecule has 1 aliphatic heterocycles. The third kappa shape index (κ3) is 2.22. The summed E-state index contributed by atoms with van der Waals surface area (Å²) in [6, 6.07) is 3.60. The van der Waals surface area contributed by atoms with E-state index in [0.717, 1.165) is 28.9 Å². The minimum Gasteiger partial charge on any atom is -0.477 e. The van der Waals surface area contributed by atoms with Crippen LogP contribution in [0.15, 0.2) is 29.3 Å². The number of carboxylic acid groups (broad SMARTS) is 1. The highest BCUT2D eigenvalue weighted by molar-refractivity contribution is 5.87. The van der Waals surface area contributed by atoms with Gasteiger partial charge in [0.2, 0.25) is 0 Å². The lowest BCUT2D eigenvalue weighted by molar-refractivity contribution is 0.0694. The number of rotatable bonds is 2. The van der Waals surface area contributed by atoms with Gasteiger partial charge < -0.3 is 9.67 Å². The fourth-order valence-corrected chi connectivity index (χ4v) is 3.10. The summed E-state index contributed by atoms with van der Waals surface area (Å²) in [5, 5.41) is 9.20. The first-order valence-corrected chi connectivity index (χ1v) is 7.34. The molecule has 0 radical (unpaired) electrons. The van der Waals surface area contributed by atoms with Gasteiger partial charge in [-0.05, 0) is 30.9 Å². The van der Waals surface area contributed by atoms with Crippen molar-refractivity contribution in [3.8, 4) is 11.3 Å². The van der Waals surface area contributed by atoms with Crippen LogP contribution in [0.5, 0.6) is 0 Å². The van der Waals surface area contributed by atoms with E-state index in [1.54, 1.807) is 6.20 Å². The number of fused-ring (bicyclic) bond motifs is 3. The quantitative estimate of drug-likeness (QED) is 0.925. The molecule has 114 valence electrons. The van der Waals surface area contributed by atoms with Gasteiger partial charge >= 0.3 is 5.97 Å². The van der Waals surface area contributed by atoms with Crippen molar-refractivity contribution < 1.29 is 9.90 Å². The number of pyridine rings is 2. The molecule has 0 saturated carbocycles. The third-order valence-corrected chi connectivity index (χ3v) is 4.27. The monoisotopic (exact) mass is 298 g/mol. The van der Waals surface area contributed by atoms with Crippen molar-refractivity contribution in [3.63, 3.8) is 0 Å². The minimum atomic E-state index is -1.18. The molecule has 3 rings (SSSR count). The molecule has 0 aliphatic carbocycles. The highest BCUT2D eigenvalue weighted by atomic mass is 16.4. The molecule has 0 fully saturated rings. The summed E-state index contributed by atoms with van der Waals surface area (Å²) in [4.78, 5) is 27.6. The Kier molecular flexibility index (Phi) is 3.35. The first-order chi connectivity index (χ1) is 10.4. The van der Waals surface area contributed by atoms with Crippen molar-refractivity contribution in [2.75, 3.05) is 0 Å². The fourth-order valence-electron chi connectivity index (χ4n) is 3.10. The van der Waals surface area contributed by atoms with Gasteiger partial charge in [-0.3, -0.25) is 9.78 Å². The summed E-state index contributed by atoms with van der Waals surface area (Å²) >= 11 is 0. The molecule has 5 heteroatoms. The molecule has 0 amide bonds. The Hall–Kier alpha value is -2.43. The van der Waals surface area contributed by atoms with E-state index in [1.165, 1.54) is 12.3 Å². The second kappa shape index (κ2) is 5.09. The Balaban J connectivity index is 2.31. The molecular formula is C17H18N2O3. The number of hydrogen-bond donors (Lipinski definition) is 1. The van der Waals surface area contributed by atoms with Gasteiger partial charge in [0.05, 0.1) is 5.69 Å². The Labute approximate surface area is 128 Å². The standard InChI is InChI=1S/C17H18N2O3/c1-9(2)14-5-11-4-10(3)18-7-12(11)15-6-16(20)13(17(21)22)8-19(14)15/h4,6-9,14H,5H2,1-3H3,(H,21,22). The molecule has 0 aromatic carbocycles. The Morgan fingerprint density at radius 3 is 2.77 bits per heavy atom. The van der Waals surface area contributed by atoms with Crippen molar-refractivity contribution in [2.45, 2.75) is 33.2 Å². The lowest BCUT2D eigenvalue weighted by Gasteiger charge is -2.33. The van der Waals surface area contributed by atoms with E-state index < -0.39 is 11.4 Å². The largest absolute Gasteiger partial charge is 0.477 e. The maximum absolute atomic E-state index is 12.1. The maximum atomic E-state index is 12.1. The zero-order valence-electron chi connectivity index (χ0n) is 12.8. The van der Waals surface area contributed by atoms with Crippen LogP contribution in [0.25, 0.3) is 11.3 Å². The van der Waals surface area contributed by atoms with Gasteiger partial charge in [0, 0.05) is 35.8 Å². The zero-order valence-corrected chi connectivity index (χ0v) is 12.8. The number of aryl methyl sites for hydroxylation is 1. The predicted octanol–water partition coefficient (Wildman–Crippen LogP) is 2.67. The molecule has 5 nitrogen and oxygen atoms in total. The number of nitrogens with zero attached hydrogens (tertiary/aromatic N) is 2. The average molecular weight is 298 g/mol. The van der Waals surface area contributed by atoms with Crippen molar-refractivity contribution >= 4 is 5.97 Å². The fraction of sp³-hybridized carbons (Fsp3) is 0.353. The number of aromatic nitrogens is 2. The van der Waals surface area contributed by atoms with Crippen LogP contribution in [0.3, 0.4) is 0 Å². The minimum absolute atomic E-state index is 0.128. The van der Waals surface area contributed by atoms with Gasteiger partial charge in [0.1, 0.15) is 5.56 Å². The van der Waals surface area contributed by atoms with Gasteiger partial charge in [0.25, 0.3) is 0 Å². The molecule has 1 N–H and O–H groups in total. The Morgan fingerprint density at radius 1 is 1.41 bits per heavy atom. The summed E-state index contributed by atoms with van der Waals surface area (Å²) < 4.78 is 1.93. The molecule has 1 aliphatic rings. The maximum Gasteiger partial charge on any atom is 0.341 e. The zero-order chi connectivity index (χ0) is 16.0. The van der Waals surface area contributed by atoms with Crippen LogP contribution in [0, 0.1) is 12.8 Å². The average Bonchev–Trinajstić information content (AvgIpc) is 2.44. The summed E-state index contributed by atoms with van der Waals surface area (Å²) in [6.07, 6.45) is 4.06. The van der Waals surface area contributed by atoms with Gasteiger partial charge in [-0.1, -0.05) is 13.8 Å². The second-order valence-electron chi connectivity index (χ2n) is 6.15. The van der Waals surface area contributed by atoms with Crippen LogP contribution in [-0.4, -0.2) is 20.6 Å². The van der Waals surface area contributed by atoms with E-state index in [1.807, 2.05) is 17.6 Å². The van der Waals surface area contributed by atoms with Crippen molar-refractivity contribution in [1.29, 1.82) is 0 Å². The number of carboxylic acids is 1. The Morgan fingerprint density at radius 2 is 2.14 bits per heavy atom. The van der Waals surface area contributed by atoms with E-state index in [9.17, 15) is 14.7 Å². The lowest BCUT2D eigenvalue weighted by Crippen LogP contribution is -2.28. The first-order valence-electron chi connectivity index (χ1n) is 7.34. The predicted molar refractivity (Wildman–Crippen MR) is 83.2 cm³/mol. The first kappa shape index (κ1) is 14.5. The molecule has 0 spiro atoms. The summed E-state index contributed by atoms with van der Waals surface area (Å²) in [5.41, 5.74) is 3.12. The molecule has 22 heavy (non-hydrogen) atoms. The van der Waals surface area contributed by atoms with Crippen LogP contribution in [0.4, 0.5) is 0 Å². The van der Waals surface area contributed by atoms with Crippen LogP contribution in [0.1, 0.15) is 41.5 Å². The van der Waals surface area contributed by atoms with Crippen molar-refractivity contribution in [2.24, 2.45) is 5.92 Å². The normalized spacial score (nSPS) is 16.3. The van der Waals surface area contributed by atoms with Crippen molar-refractivity contribution in [1.82, 2.24) is 9.55 Å². The SMILES string of the molecule is Cc1cc2c(cn1)-c1cc(=O)c(C(=O)O)cn1C(C(C)C)C2. The molecule has 1 atom stereocenters. The van der Waals surface area contributed by atoms with Gasteiger partial charge in [-0.25, -0.2) is 4.79 Å². The van der Waals surface area contributed by atoms with E-state index in [-0.39, 0.29) is 11.6 Å². The van der Waals surface area contributed by atoms with Crippen molar-refractivity contribution in [3.05, 3.63) is 51.6 Å². The molecular weight excluding hydrogens is 280 g/mol. The number of aromatic carboxylic acids is 1. The van der Waals surface area contributed by atoms with E-state index in [4.69, 9.17) is 0 Å². The molecule has 3 heterocycles. The molecule has 0 saturated heterocycles. The third-order valence-electron chi connectivity index (χ3n) is 4.27. The smallest absolute Gasteiger partial charge is 0.341 e. The van der Waals surface area contributed by atoms with Gasteiger partial charge in [-0.15, -0.1) is 0 Å². The molecule has 0 bridgehead atoms. The van der Waals surface area contributed by atoms with E-state index in [0.29, 0.717) is 5.92 Å². The highest BCUT2D eigenvalue weighted by Crippen LogP contribution is 2.37. The lowest BCUT2D eigenvalue weighted by atomic mass is 9.88. The van der Waals surface area contributed by atoms with E-state index >= 15 is 0 Å². The molecule has 1 unspecified atom stereocenters. The topological polar surface area (TPSA) is 72.2 Å². The summed E-state index contributed by atoms with van der Waals surface area (Å²) in [5.74, 6) is -0.861. The van der Waals surface area contributed by atoms with Crippen LogP contribution in [0.2, 0.25) is 0 Å². The molecule has 2 aromatic heterocycles. The van der Waals surface area contributed by atoms with Gasteiger partial charge in [0.15, 0.2) is 5.43 Å². The van der Waals surface area contributed by atoms with Crippen LogP contribution >= 0.6 is 0 Å². The summed E-state index contributed by atoms with van der Waals surface area (Å²) in [6.45, 7) is 6.15. The van der Waals surface area contributed by atoms with E-state index in [2.05, 4.69) is 18.8 Å². The number of hydrogen-bond acceptors (Lipinski definition) is 3. The van der Waals surface area contributed by atoms with Crippen LogP contribution < -0.4 is 5.43 Å².